The van der Waals surface area contributed by atoms with Gasteiger partial charge in [-0.3, -0.25) is 0 Å². The van der Waals surface area contributed by atoms with E-state index in [0.29, 0.717) is 0 Å². The Labute approximate surface area is 56.1 Å². The Balaban J connectivity index is 2.58. The summed E-state index contributed by atoms with van der Waals surface area (Å²) in [6, 6.07) is 0. The summed E-state index contributed by atoms with van der Waals surface area (Å²) >= 11 is 0. The monoisotopic (exact) mass is 129 g/mol. The van der Waals surface area contributed by atoms with E-state index in [-0.39, 0.29) is 17.6 Å². The van der Waals surface area contributed by atoms with Crippen LogP contribution in [0.3, 0.4) is 0 Å². The van der Waals surface area contributed by atoms with Gasteiger partial charge in [0, 0.05) is 17.6 Å². The fraction of sp³-hybridized carbons (Fsp3) is 1.00. The molecule has 1 rings (SSSR count). The first kappa shape index (κ1) is 7.03. The molecule has 0 radical (unpaired) electrons. The lowest BCUT2D eigenvalue weighted by atomic mass is 9.83. The van der Waals surface area contributed by atoms with Crippen LogP contribution in [0.15, 0.2) is 0 Å². The summed E-state index contributed by atoms with van der Waals surface area (Å²) in [6.45, 7) is 4.23. The van der Waals surface area contributed by atoms with E-state index < -0.39 is 0 Å². The molecular weight excluding hydrogens is 114 g/mol. The number of aliphatic hydroxyl groups is 1. The van der Waals surface area contributed by atoms with Gasteiger partial charge in [-0.25, -0.2) is 0 Å². The molecule has 0 aromatic carbocycles. The number of hydrogen-bond acceptors (Lipinski definition) is 2. The largest absolute Gasteiger partial charge is 0.396 e. The maximum absolute atomic E-state index is 8.89. The Bertz CT molecular complexity index is 116. The third-order valence-electron chi connectivity index (χ3n) is 2.53. The average Bonchev–Trinajstić information content (AvgIpc) is 2.49. The van der Waals surface area contributed by atoms with Gasteiger partial charge in [-0.2, -0.15) is 0 Å². The highest BCUT2D eigenvalue weighted by molar-refractivity contribution is 5.08. The van der Waals surface area contributed by atoms with Crippen LogP contribution in [0.2, 0.25) is 0 Å². The molecule has 0 atom stereocenters. The topological polar surface area (TPSA) is 46.2 Å². The molecule has 3 N–H and O–H groups in total. The van der Waals surface area contributed by atoms with Gasteiger partial charge < -0.3 is 10.8 Å². The summed E-state index contributed by atoms with van der Waals surface area (Å²) in [7, 11) is 0. The van der Waals surface area contributed by atoms with E-state index in [9.17, 15) is 0 Å². The van der Waals surface area contributed by atoms with E-state index in [1.807, 2.05) is 13.8 Å². The zero-order valence-electron chi connectivity index (χ0n) is 6.15. The molecule has 1 aliphatic rings. The molecule has 0 unspecified atom stereocenters. The second-order valence-corrected chi connectivity index (χ2v) is 3.70. The Hall–Kier alpha value is -0.0800. The maximum Gasteiger partial charge on any atom is 0.0499 e. The van der Waals surface area contributed by atoms with Crippen molar-refractivity contribution in [2.45, 2.75) is 32.2 Å². The summed E-state index contributed by atoms with van der Waals surface area (Å²) in [6.07, 6.45) is 2.14. The predicted octanol–water partition coefficient (Wildman–Crippen LogP) is 0.496. The van der Waals surface area contributed by atoms with E-state index in [0.717, 1.165) is 12.8 Å². The van der Waals surface area contributed by atoms with Crippen molar-refractivity contribution in [1.82, 2.24) is 0 Å². The van der Waals surface area contributed by atoms with Crippen molar-refractivity contribution in [1.29, 1.82) is 0 Å². The average molecular weight is 129 g/mol. The van der Waals surface area contributed by atoms with Gasteiger partial charge in [0.1, 0.15) is 0 Å². The summed E-state index contributed by atoms with van der Waals surface area (Å²) in [5.74, 6) is 0. The van der Waals surface area contributed by atoms with Crippen LogP contribution in [0.25, 0.3) is 0 Å². The number of hydrogen-bond donors (Lipinski definition) is 2. The van der Waals surface area contributed by atoms with Crippen molar-refractivity contribution in [2.75, 3.05) is 6.61 Å². The van der Waals surface area contributed by atoms with E-state index in [1.54, 1.807) is 0 Å². The lowest BCUT2D eigenvalue weighted by Crippen LogP contribution is -2.42. The molecule has 0 spiro atoms. The highest BCUT2D eigenvalue weighted by Gasteiger charge is 2.50. The van der Waals surface area contributed by atoms with Gasteiger partial charge in [-0.15, -0.1) is 0 Å². The van der Waals surface area contributed by atoms with Crippen LogP contribution in [0, 0.1) is 5.41 Å². The van der Waals surface area contributed by atoms with E-state index in [4.69, 9.17) is 10.8 Å². The van der Waals surface area contributed by atoms with Crippen LogP contribution in [0.5, 0.6) is 0 Å². The fourth-order valence-corrected chi connectivity index (χ4v) is 0.969. The molecule has 1 saturated carbocycles. The van der Waals surface area contributed by atoms with Crippen LogP contribution >= 0.6 is 0 Å². The standard InChI is InChI=1S/C7H15NO/c1-6(2,5-9)7(8)3-4-7/h9H,3-5,8H2,1-2H3. The van der Waals surface area contributed by atoms with Crippen LogP contribution in [0.4, 0.5) is 0 Å². The fourth-order valence-electron chi connectivity index (χ4n) is 0.969. The highest BCUT2D eigenvalue weighted by atomic mass is 16.3. The highest BCUT2D eigenvalue weighted by Crippen LogP contribution is 2.46. The first-order chi connectivity index (χ1) is 4.02. The molecule has 0 heterocycles. The second kappa shape index (κ2) is 1.70. The zero-order valence-corrected chi connectivity index (χ0v) is 6.15. The number of aliphatic hydroxyl groups excluding tert-OH is 1. The van der Waals surface area contributed by atoms with Gasteiger partial charge in [-0.05, 0) is 12.8 Å². The molecule has 9 heavy (non-hydrogen) atoms. The smallest absolute Gasteiger partial charge is 0.0499 e. The van der Waals surface area contributed by atoms with Crippen LogP contribution in [-0.2, 0) is 0 Å². The summed E-state index contributed by atoms with van der Waals surface area (Å²) in [4.78, 5) is 0. The normalized spacial score (nSPS) is 24.0. The van der Waals surface area contributed by atoms with Crippen LogP contribution in [-0.4, -0.2) is 17.3 Å². The molecule has 2 nitrogen and oxygen atoms in total. The zero-order chi connectivity index (χ0) is 7.12. The predicted molar refractivity (Wildman–Crippen MR) is 37.0 cm³/mol. The Morgan fingerprint density at radius 3 is 2.11 bits per heavy atom. The van der Waals surface area contributed by atoms with Gasteiger partial charge in [0.25, 0.3) is 0 Å². The van der Waals surface area contributed by atoms with Gasteiger partial charge in [0.05, 0.1) is 0 Å². The first-order valence-corrected chi connectivity index (χ1v) is 3.42. The van der Waals surface area contributed by atoms with E-state index in [2.05, 4.69) is 0 Å². The van der Waals surface area contributed by atoms with Crippen molar-refractivity contribution in [2.24, 2.45) is 11.1 Å². The van der Waals surface area contributed by atoms with Crippen molar-refractivity contribution in [3.63, 3.8) is 0 Å². The van der Waals surface area contributed by atoms with Gasteiger partial charge in [0.2, 0.25) is 0 Å². The number of rotatable bonds is 2. The minimum absolute atomic E-state index is 0.0538. The van der Waals surface area contributed by atoms with Gasteiger partial charge in [-0.1, -0.05) is 13.8 Å². The minimum Gasteiger partial charge on any atom is -0.396 e. The lowest BCUT2D eigenvalue weighted by Gasteiger charge is -2.29. The Morgan fingerprint density at radius 2 is 2.00 bits per heavy atom. The third kappa shape index (κ3) is 0.970. The molecule has 0 aliphatic heterocycles. The van der Waals surface area contributed by atoms with Crippen molar-refractivity contribution in [3.05, 3.63) is 0 Å². The summed E-state index contributed by atoms with van der Waals surface area (Å²) < 4.78 is 0. The molecule has 0 aromatic rings. The third-order valence-corrected chi connectivity index (χ3v) is 2.53. The van der Waals surface area contributed by atoms with E-state index >= 15 is 0 Å². The molecule has 0 saturated heterocycles. The molecule has 54 valence electrons. The summed E-state index contributed by atoms with van der Waals surface area (Å²) in [5.41, 5.74) is 5.74. The van der Waals surface area contributed by atoms with Gasteiger partial charge >= 0.3 is 0 Å². The van der Waals surface area contributed by atoms with Crippen LogP contribution < -0.4 is 5.73 Å². The van der Waals surface area contributed by atoms with E-state index in [1.165, 1.54) is 0 Å². The van der Waals surface area contributed by atoms with Gasteiger partial charge in [0.15, 0.2) is 0 Å². The van der Waals surface area contributed by atoms with Crippen LogP contribution in [0.1, 0.15) is 26.7 Å². The summed E-state index contributed by atoms with van der Waals surface area (Å²) in [5, 5.41) is 8.89. The number of nitrogens with two attached hydrogens (primary N) is 1. The van der Waals surface area contributed by atoms with Crippen molar-refractivity contribution < 1.29 is 5.11 Å². The quantitative estimate of drug-likeness (QED) is 0.570. The first-order valence-electron chi connectivity index (χ1n) is 3.42. The minimum atomic E-state index is -0.0764. The molecule has 0 aromatic heterocycles. The molecule has 0 bridgehead atoms. The SMILES string of the molecule is CC(C)(CO)C1(N)CC1. The molecule has 2 heteroatoms. The molecular formula is C7H15NO. The molecule has 0 amide bonds. The Kier molecular flexibility index (Phi) is 1.33. The maximum atomic E-state index is 8.89. The molecule has 1 fully saturated rings. The second-order valence-electron chi connectivity index (χ2n) is 3.70. The lowest BCUT2D eigenvalue weighted by molar-refractivity contribution is 0.122. The Morgan fingerprint density at radius 1 is 1.56 bits per heavy atom. The van der Waals surface area contributed by atoms with Crippen molar-refractivity contribution >= 4 is 0 Å². The molecule has 1 aliphatic carbocycles. The van der Waals surface area contributed by atoms with Crippen molar-refractivity contribution in [3.8, 4) is 0 Å².